The normalized spacial score (nSPS) is 19.6. The van der Waals surface area contributed by atoms with Gasteiger partial charge in [0.2, 0.25) is 5.91 Å². The number of nitrogens with two attached hydrogens (primary N) is 1. The molecule has 1 unspecified atom stereocenters. The highest BCUT2D eigenvalue weighted by atomic mass is 16.2. The fraction of sp³-hybridized carbons (Fsp3) is 0.643. The van der Waals surface area contributed by atoms with Crippen molar-refractivity contribution in [2.75, 3.05) is 12.0 Å². The highest BCUT2D eigenvalue weighted by Crippen LogP contribution is 2.34. The van der Waals surface area contributed by atoms with Crippen LogP contribution in [0.15, 0.2) is 6.07 Å². The fourth-order valence-corrected chi connectivity index (χ4v) is 2.45. The zero-order valence-corrected chi connectivity index (χ0v) is 12.6. The van der Waals surface area contributed by atoms with Crippen LogP contribution >= 0.6 is 0 Å². The summed E-state index contributed by atoms with van der Waals surface area (Å²) in [6, 6.07) is 1.77. The van der Waals surface area contributed by atoms with E-state index >= 15 is 0 Å². The van der Waals surface area contributed by atoms with Crippen molar-refractivity contribution in [1.82, 2.24) is 14.9 Å². The molecule has 6 nitrogen and oxygen atoms in total. The van der Waals surface area contributed by atoms with Crippen LogP contribution in [0, 0.1) is 18.3 Å². The zero-order chi connectivity index (χ0) is 14.9. The smallest absolute Gasteiger partial charge is 0.223 e. The molecule has 2 rings (SSSR count). The van der Waals surface area contributed by atoms with Crippen LogP contribution in [0.3, 0.4) is 0 Å². The molecule has 0 bridgehead atoms. The van der Waals surface area contributed by atoms with E-state index in [1.807, 2.05) is 11.8 Å². The van der Waals surface area contributed by atoms with Gasteiger partial charge < -0.3 is 10.3 Å². The second-order valence-corrected chi connectivity index (χ2v) is 6.50. The maximum atomic E-state index is 12.1. The summed E-state index contributed by atoms with van der Waals surface area (Å²) in [5.41, 5.74) is 3.50. The SMILES string of the molecule is Cc1cc(NN)nc(CN2CC(C(C)(C)C)CC2=O)n1. The quantitative estimate of drug-likeness (QED) is 0.645. The summed E-state index contributed by atoms with van der Waals surface area (Å²) in [7, 11) is 0. The van der Waals surface area contributed by atoms with E-state index in [-0.39, 0.29) is 11.3 Å². The summed E-state index contributed by atoms with van der Waals surface area (Å²) in [5, 5.41) is 0. The summed E-state index contributed by atoms with van der Waals surface area (Å²) in [6.45, 7) is 9.62. The number of amides is 1. The van der Waals surface area contributed by atoms with Gasteiger partial charge in [0.1, 0.15) is 11.6 Å². The van der Waals surface area contributed by atoms with Gasteiger partial charge in [-0.25, -0.2) is 15.8 Å². The highest BCUT2D eigenvalue weighted by molar-refractivity contribution is 5.78. The number of carbonyl (C=O) groups is 1. The number of carbonyl (C=O) groups excluding carboxylic acids is 1. The predicted octanol–water partition coefficient (Wildman–Crippen LogP) is 1.47. The molecule has 2 heterocycles. The molecule has 1 aromatic heterocycles. The summed E-state index contributed by atoms with van der Waals surface area (Å²) < 4.78 is 0. The Hall–Kier alpha value is -1.69. The Labute approximate surface area is 119 Å². The van der Waals surface area contributed by atoms with Crippen molar-refractivity contribution >= 4 is 11.7 Å². The maximum absolute atomic E-state index is 12.1. The molecule has 1 fully saturated rings. The molecule has 6 heteroatoms. The largest absolute Gasteiger partial charge is 0.335 e. The monoisotopic (exact) mass is 277 g/mol. The minimum Gasteiger partial charge on any atom is -0.335 e. The standard InChI is InChI=1S/C14H23N5O/c1-9-5-11(18-15)17-12(16-9)8-19-7-10(6-13(19)20)14(2,3)4/h5,10H,6-8,15H2,1-4H3,(H,16,17,18). The summed E-state index contributed by atoms with van der Waals surface area (Å²) in [6.07, 6.45) is 0.608. The Morgan fingerprint density at radius 3 is 2.70 bits per heavy atom. The summed E-state index contributed by atoms with van der Waals surface area (Å²) in [4.78, 5) is 22.6. The molecule has 20 heavy (non-hydrogen) atoms. The molecule has 1 aliphatic heterocycles. The molecule has 0 radical (unpaired) electrons. The average molecular weight is 277 g/mol. The average Bonchev–Trinajstić information content (AvgIpc) is 2.70. The third-order valence-corrected chi connectivity index (χ3v) is 3.82. The Kier molecular flexibility index (Phi) is 3.94. The van der Waals surface area contributed by atoms with Crippen LogP contribution in [0.1, 0.15) is 38.7 Å². The zero-order valence-electron chi connectivity index (χ0n) is 12.6. The molecule has 3 N–H and O–H groups in total. The molecule has 1 saturated heterocycles. The molecule has 0 aromatic carbocycles. The number of hydrogen-bond acceptors (Lipinski definition) is 5. The molecule has 1 amide bonds. The highest BCUT2D eigenvalue weighted by Gasteiger charge is 2.36. The summed E-state index contributed by atoms with van der Waals surface area (Å²) in [5.74, 6) is 7.14. The molecule has 1 aromatic rings. The molecule has 110 valence electrons. The molecule has 0 spiro atoms. The number of aromatic nitrogens is 2. The molecule has 0 aliphatic carbocycles. The molecular formula is C14H23N5O. The van der Waals surface area contributed by atoms with E-state index in [9.17, 15) is 4.79 Å². The third-order valence-electron chi connectivity index (χ3n) is 3.82. The van der Waals surface area contributed by atoms with Gasteiger partial charge in [-0.1, -0.05) is 20.8 Å². The number of anilines is 1. The van der Waals surface area contributed by atoms with Crippen molar-refractivity contribution in [3.05, 3.63) is 17.6 Å². The van der Waals surface area contributed by atoms with E-state index in [0.717, 1.165) is 12.2 Å². The van der Waals surface area contributed by atoms with Crippen LogP contribution in [0.4, 0.5) is 5.82 Å². The minimum atomic E-state index is 0.141. The lowest BCUT2D eigenvalue weighted by molar-refractivity contribution is -0.128. The first-order chi connectivity index (χ1) is 9.29. The van der Waals surface area contributed by atoms with Crippen LogP contribution in [0.5, 0.6) is 0 Å². The van der Waals surface area contributed by atoms with E-state index in [2.05, 4.69) is 36.2 Å². The predicted molar refractivity (Wildman–Crippen MR) is 77.6 cm³/mol. The van der Waals surface area contributed by atoms with E-state index in [1.54, 1.807) is 6.07 Å². The molecule has 1 atom stereocenters. The first-order valence-electron chi connectivity index (χ1n) is 6.88. The lowest BCUT2D eigenvalue weighted by Crippen LogP contribution is -2.28. The number of nitrogen functional groups attached to an aromatic ring is 1. The third kappa shape index (κ3) is 3.25. The number of aryl methyl sites for hydroxylation is 1. The van der Waals surface area contributed by atoms with Crippen LogP contribution in [-0.4, -0.2) is 27.3 Å². The van der Waals surface area contributed by atoms with Gasteiger partial charge in [-0.05, 0) is 18.3 Å². The Bertz CT molecular complexity index is 509. The lowest BCUT2D eigenvalue weighted by atomic mass is 9.80. The second kappa shape index (κ2) is 5.36. The van der Waals surface area contributed by atoms with Crippen LogP contribution < -0.4 is 11.3 Å². The maximum Gasteiger partial charge on any atom is 0.223 e. The van der Waals surface area contributed by atoms with Gasteiger partial charge >= 0.3 is 0 Å². The Morgan fingerprint density at radius 1 is 1.45 bits per heavy atom. The van der Waals surface area contributed by atoms with Gasteiger partial charge in [0.25, 0.3) is 0 Å². The van der Waals surface area contributed by atoms with Crippen molar-refractivity contribution in [3.63, 3.8) is 0 Å². The minimum absolute atomic E-state index is 0.141. The second-order valence-electron chi connectivity index (χ2n) is 6.50. The van der Waals surface area contributed by atoms with Crippen molar-refractivity contribution in [2.45, 2.75) is 40.7 Å². The number of likely N-dealkylation sites (tertiary alicyclic amines) is 1. The number of hydrogen-bond donors (Lipinski definition) is 2. The number of hydrazine groups is 1. The van der Waals surface area contributed by atoms with Gasteiger partial charge in [0.15, 0.2) is 0 Å². The van der Waals surface area contributed by atoms with Crippen LogP contribution in [-0.2, 0) is 11.3 Å². The Morgan fingerprint density at radius 2 is 2.15 bits per heavy atom. The van der Waals surface area contributed by atoms with E-state index in [4.69, 9.17) is 5.84 Å². The van der Waals surface area contributed by atoms with E-state index in [1.165, 1.54) is 0 Å². The number of rotatable bonds is 3. The molecule has 0 saturated carbocycles. The van der Waals surface area contributed by atoms with Crippen LogP contribution in [0.2, 0.25) is 0 Å². The van der Waals surface area contributed by atoms with E-state index in [0.29, 0.717) is 30.5 Å². The first kappa shape index (κ1) is 14.7. The first-order valence-corrected chi connectivity index (χ1v) is 6.88. The van der Waals surface area contributed by atoms with Gasteiger partial charge in [-0.15, -0.1) is 0 Å². The Balaban J connectivity index is 2.11. The van der Waals surface area contributed by atoms with Crippen molar-refractivity contribution in [1.29, 1.82) is 0 Å². The van der Waals surface area contributed by atoms with Crippen molar-refractivity contribution in [2.24, 2.45) is 17.2 Å². The molecule has 1 aliphatic rings. The van der Waals surface area contributed by atoms with Crippen LogP contribution in [0.25, 0.3) is 0 Å². The van der Waals surface area contributed by atoms with Crippen molar-refractivity contribution in [3.8, 4) is 0 Å². The number of nitrogens with one attached hydrogen (secondary N) is 1. The summed E-state index contributed by atoms with van der Waals surface area (Å²) >= 11 is 0. The van der Waals surface area contributed by atoms with Gasteiger partial charge in [-0.2, -0.15) is 0 Å². The number of nitrogens with zero attached hydrogens (tertiary/aromatic N) is 3. The van der Waals surface area contributed by atoms with Crippen molar-refractivity contribution < 1.29 is 4.79 Å². The van der Waals surface area contributed by atoms with Gasteiger partial charge in [-0.3, -0.25) is 4.79 Å². The lowest BCUT2D eigenvalue weighted by Gasteiger charge is -2.26. The topological polar surface area (TPSA) is 84.1 Å². The molecular weight excluding hydrogens is 254 g/mol. The van der Waals surface area contributed by atoms with Gasteiger partial charge in [0.05, 0.1) is 6.54 Å². The fourth-order valence-electron chi connectivity index (χ4n) is 2.45. The van der Waals surface area contributed by atoms with E-state index < -0.39 is 0 Å². The van der Waals surface area contributed by atoms with Gasteiger partial charge in [0, 0.05) is 24.7 Å².